The van der Waals surface area contributed by atoms with Gasteiger partial charge < -0.3 is 33.8 Å². The van der Waals surface area contributed by atoms with Gasteiger partial charge in [-0.05, 0) is 49.4 Å². The third kappa shape index (κ3) is 75.5. The quantitative estimate of drug-likeness (QED) is 0.0222. The molecule has 0 amide bonds. The van der Waals surface area contributed by atoms with Gasteiger partial charge in [-0.3, -0.25) is 37.3 Å². The van der Waals surface area contributed by atoms with Crippen molar-refractivity contribution >= 4 is 39.5 Å². The van der Waals surface area contributed by atoms with Crippen LogP contribution in [0.2, 0.25) is 0 Å². The standard InChI is InChI=1S/C85H166O17P2/c1-9-77(7)63-55-47-39-31-25-21-17-13-11-12-14-18-22-26-34-42-51-59-67-84(89)101-80(71-95-82(87)65-57-49-41-33-29-28-32-40-48-56-64-78(8)10-2)73-99-103(91,92)97-69-79(86)70-98-104(93,94)100-74-81(72-96-83(88)66-58-50-44-36-38-46-54-62-76(5)6)102-85(90)68-60-52-43-35-27-23-19-15-16-20-24-30-37-45-53-61-75(3)4/h75-81,86H,9-74H2,1-8H3,(H,91,92)(H,93,94)/t77?,78?,79?,80-,81-/m1/s1. The Labute approximate surface area is 638 Å². The highest BCUT2D eigenvalue weighted by atomic mass is 31.2. The molecular weight excluding hydrogens is 1350 g/mol. The van der Waals surface area contributed by atoms with Gasteiger partial charge in [0.1, 0.15) is 19.3 Å². The Morgan fingerprint density at radius 1 is 0.269 bits per heavy atom. The zero-order valence-corrected chi connectivity index (χ0v) is 70.5. The van der Waals surface area contributed by atoms with Gasteiger partial charge in [0.05, 0.1) is 26.4 Å². The molecule has 0 heterocycles. The number of hydrogen-bond donors (Lipinski definition) is 3. The number of phosphoric ester groups is 2. The maximum Gasteiger partial charge on any atom is 0.472 e. The van der Waals surface area contributed by atoms with Gasteiger partial charge in [-0.25, -0.2) is 9.13 Å². The Balaban J connectivity index is 5.21. The van der Waals surface area contributed by atoms with Gasteiger partial charge in [-0.2, -0.15) is 0 Å². The number of unbranched alkanes of at least 4 members (excludes halogenated alkanes) is 46. The number of carbonyl (C=O) groups excluding carboxylic acids is 4. The predicted octanol–water partition coefficient (Wildman–Crippen LogP) is 25.6. The van der Waals surface area contributed by atoms with Crippen molar-refractivity contribution in [2.24, 2.45) is 23.7 Å². The van der Waals surface area contributed by atoms with Crippen molar-refractivity contribution in [1.29, 1.82) is 0 Å². The van der Waals surface area contributed by atoms with Crippen molar-refractivity contribution < 1.29 is 80.2 Å². The first-order valence-corrected chi connectivity index (χ1v) is 46.8. The maximum absolute atomic E-state index is 13.1. The van der Waals surface area contributed by atoms with Crippen molar-refractivity contribution in [1.82, 2.24) is 0 Å². The molecule has 104 heavy (non-hydrogen) atoms. The van der Waals surface area contributed by atoms with Crippen LogP contribution in [-0.2, 0) is 65.4 Å². The van der Waals surface area contributed by atoms with E-state index in [1.54, 1.807) is 0 Å². The van der Waals surface area contributed by atoms with E-state index in [-0.39, 0.29) is 25.7 Å². The molecule has 5 unspecified atom stereocenters. The van der Waals surface area contributed by atoms with E-state index in [1.165, 1.54) is 238 Å². The van der Waals surface area contributed by atoms with Gasteiger partial charge in [0.2, 0.25) is 0 Å². The van der Waals surface area contributed by atoms with E-state index < -0.39 is 97.5 Å². The largest absolute Gasteiger partial charge is 0.472 e. The Kier molecular flexibility index (Phi) is 72.5. The van der Waals surface area contributed by atoms with Gasteiger partial charge in [-0.1, -0.05) is 389 Å². The molecule has 0 radical (unpaired) electrons. The second kappa shape index (κ2) is 73.8. The molecule has 19 heteroatoms. The lowest BCUT2D eigenvalue weighted by Crippen LogP contribution is -2.30. The molecule has 618 valence electrons. The van der Waals surface area contributed by atoms with Crippen LogP contribution in [-0.4, -0.2) is 96.7 Å². The number of phosphoric acid groups is 2. The van der Waals surface area contributed by atoms with E-state index in [4.69, 9.17) is 37.0 Å². The number of hydrogen-bond acceptors (Lipinski definition) is 15. The molecule has 0 aliphatic heterocycles. The summed E-state index contributed by atoms with van der Waals surface area (Å²) in [5.74, 6) is 1.08. The Bertz CT molecular complexity index is 2030. The minimum absolute atomic E-state index is 0.107. The lowest BCUT2D eigenvalue weighted by molar-refractivity contribution is -0.161. The van der Waals surface area contributed by atoms with E-state index in [9.17, 15) is 43.2 Å². The molecule has 0 aromatic rings. The van der Waals surface area contributed by atoms with Crippen LogP contribution in [0.15, 0.2) is 0 Å². The van der Waals surface area contributed by atoms with E-state index in [0.717, 1.165) is 114 Å². The van der Waals surface area contributed by atoms with Crippen LogP contribution < -0.4 is 0 Å². The van der Waals surface area contributed by atoms with Crippen molar-refractivity contribution in [2.45, 2.75) is 459 Å². The molecule has 17 nitrogen and oxygen atoms in total. The fourth-order valence-corrected chi connectivity index (χ4v) is 14.7. The van der Waals surface area contributed by atoms with Gasteiger partial charge in [0, 0.05) is 25.7 Å². The van der Waals surface area contributed by atoms with Gasteiger partial charge in [0.15, 0.2) is 12.2 Å². The summed E-state index contributed by atoms with van der Waals surface area (Å²) in [6, 6.07) is 0. The third-order valence-electron chi connectivity index (χ3n) is 20.5. The second-order valence-electron chi connectivity index (χ2n) is 32.0. The van der Waals surface area contributed by atoms with Crippen LogP contribution in [0, 0.1) is 23.7 Å². The summed E-state index contributed by atoms with van der Waals surface area (Å²) in [6.45, 7) is 14.3. The van der Waals surface area contributed by atoms with Crippen LogP contribution in [0.4, 0.5) is 0 Å². The number of carbonyl (C=O) groups is 4. The first-order chi connectivity index (χ1) is 50.2. The molecule has 0 aliphatic rings. The van der Waals surface area contributed by atoms with Gasteiger partial charge >= 0.3 is 39.5 Å². The Morgan fingerprint density at radius 3 is 0.683 bits per heavy atom. The zero-order chi connectivity index (χ0) is 76.7. The highest BCUT2D eigenvalue weighted by Crippen LogP contribution is 2.45. The monoisotopic (exact) mass is 1520 g/mol. The molecule has 0 rings (SSSR count). The lowest BCUT2D eigenvalue weighted by Gasteiger charge is -2.21. The average Bonchev–Trinajstić information content (AvgIpc) is 0.904. The van der Waals surface area contributed by atoms with Gasteiger partial charge in [-0.15, -0.1) is 0 Å². The number of rotatable bonds is 82. The molecule has 0 aromatic heterocycles. The summed E-state index contributed by atoms with van der Waals surface area (Å²) in [5.41, 5.74) is 0. The molecule has 3 N–H and O–H groups in total. The summed E-state index contributed by atoms with van der Waals surface area (Å²) in [5, 5.41) is 10.7. The molecule has 7 atom stereocenters. The molecule has 0 bridgehead atoms. The first-order valence-electron chi connectivity index (χ1n) is 43.8. The molecular formula is C85H166O17P2. The number of esters is 4. The first kappa shape index (κ1) is 102. The maximum atomic E-state index is 13.1. The van der Waals surface area contributed by atoms with Crippen molar-refractivity contribution in [2.75, 3.05) is 39.6 Å². The highest BCUT2D eigenvalue weighted by Gasteiger charge is 2.30. The summed E-state index contributed by atoms with van der Waals surface area (Å²) in [4.78, 5) is 73.2. The summed E-state index contributed by atoms with van der Waals surface area (Å²) in [6.07, 6.45) is 62.5. The molecule has 0 aromatic carbocycles. The summed E-state index contributed by atoms with van der Waals surface area (Å²) < 4.78 is 68.8. The van der Waals surface area contributed by atoms with Crippen LogP contribution >= 0.6 is 15.6 Å². The Hall–Kier alpha value is -1.94. The van der Waals surface area contributed by atoms with E-state index >= 15 is 0 Å². The van der Waals surface area contributed by atoms with Crippen molar-refractivity contribution in [3.8, 4) is 0 Å². The number of ether oxygens (including phenoxy) is 4. The van der Waals surface area contributed by atoms with Crippen molar-refractivity contribution in [3.63, 3.8) is 0 Å². The summed E-state index contributed by atoms with van der Waals surface area (Å²) in [7, 11) is -9.93. The average molecular weight is 1520 g/mol. The fourth-order valence-electron chi connectivity index (χ4n) is 13.1. The van der Waals surface area contributed by atoms with Crippen LogP contribution in [0.25, 0.3) is 0 Å². The molecule has 0 saturated carbocycles. The number of aliphatic hydroxyl groups is 1. The zero-order valence-electron chi connectivity index (χ0n) is 68.7. The normalized spacial score (nSPS) is 14.5. The molecule has 0 fully saturated rings. The van der Waals surface area contributed by atoms with Crippen LogP contribution in [0.3, 0.4) is 0 Å². The SMILES string of the molecule is CCC(C)CCCCCCCCCCCCCCCCCCCCC(=O)O[C@H](COC(=O)CCCCCCCCCCCCC(C)CC)COP(=O)(O)OCC(O)COP(=O)(O)OC[C@@H](COC(=O)CCCCCCCCCC(C)C)OC(=O)CCCCCCCCCCCCCCCCCC(C)C. The van der Waals surface area contributed by atoms with Crippen LogP contribution in [0.5, 0.6) is 0 Å². The van der Waals surface area contributed by atoms with E-state index in [0.29, 0.717) is 31.6 Å². The topological polar surface area (TPSA) is 237 Å². The van der Waals surface area contributed by atoms with E-state index in [1.807, 2.05) is 0 Å². The molecule has 0 saturated heterocycles. The minimum atomic E-state index is -4.97. The smallest absolute Gasteiger partial charge is 0.462 e. The predicted molar refractivity (Wildman–Crippen MR) is 428 cm³/mol. The second-order valence-corrected chi connectivity index (χ2v) is 34.9. The highest BCUT2D eigenvalue weighted by molar-refractivity contribution is 7.47. The molecule has 0 aliphatic carbocycles. The van der Waals surface area contributed by atoms with E-state index in [2.05, 4.69) is 55.4 Å². The lowest BCUT2D eigenvalue weighted by atomic mass is 9.99. The van der Waals surface area contributed by atoms with Gasteiger partial charge in [0.25, 0.3) is 0 Å². The van der Waals surface area contributed by atoms with Crippen molar-refractivity contribution in [3.05, 3.63) is 0 Å². The summed E-state index contributed by atoms with van der Waals surface area (Å²) >= 11 is 0. The number of aliphatic hydroxyl groups excluding tert-OH is 1. The minimum Gasteiger partial charge on any atom is -0.462 e. The Morgan fingerprint density at radius 2 is 0.462 bits per heavy atom. The van der Waals surface area contributed by atoms with Crippen LogP contribution in [0.1, 0.15) is 441 Å². The fraction of sp³-hybridized carbons (Fsp3) is 0.953. The third-order valence-corrected chi connectivity index (χ3v) is 22.4. The molecule has 0 spiro atoms.